The average molecular weight is 130 g/mol. The number of nitrogens with one attached hydrogen (secondary N) is 1. The molecule has 0 atom stereocenters. The van der Waals surface area contributed by atoms with Gasteiger partial charge in [-0.05, 0) is 6.07 Å². The summed E-state index contributed by atoms with van der Waals surface area (Å²) < 4.78 is 0. The Balaban J connectivity index is 0.000000500. The summed E-state index contributed by atoms with van der Waals surface area (Å²) in [5, 5.41) is 7.91. The Morgan fingerprint density at radius 2 is 2.00 bits per heavy atom. The van der Waals surface area contributed by atoms with Gasteiger partial charge in [0.1, 0.15) is 0 Å². The van der Waals surface area contributed by atoms with Gasteiger partial charge in [-0.25, -0.2) is 0 Å². The van der Waals surface area contributed by atoms with E-state index in [0.717, 1.165) is 10.9 Å². The molecule has 2 nitrogen and oxygen atoms in total. The Morgan fingerprint density at radius 3 is 2.80 bits per heavy atom. The van der Waals surface area contributed by atoms with Crippen molar-refractivity contribution >= 4 is 10.9 Å². The molecule has 1 N–H and O–H groups in total. The molecule has 2 rings (SSSR count). The number of nitrogens with zero attached hydrogens (tertiary/aromatic N) is 1. The number of aromatic amines is 1. The van der Waals surface area contributed by atoms with E-state index in [1.165, 1.54) is 0 Å². The van der Waals surface area contributed by atoms with Crippen LogP contribution in [0.3, 0.4) is 0 Å². The zero-order chi connectivity index (χ0) is 6.10. The van der Waals surface area contributed by atoms with Crippen molar-refractivity contribution in [1.82, 2.24) is 10.2 Å². The molecule has 0 aliphatic carbocycles. The molecular formula is C8H6N2. The van der Waals surface area contributed by atoms with E-state index in [-0.39, 0.29) is 7.43 Å². The number of para-hydroxylation sites is 1. The lowest BCUT2D eigenvalue weighted by Crippen LogP contribution is -1.63. The van der Waals surface area contributed by atoms with Crippen molar-refractivity contribution in [3.05, 3.63) is 37.9 Å². The molecular weight excluding hydrogens is 124 g/mol. The Bertz CT molecular complexity index is 281. The van der Waals surface area contributed by atoms with Crippen molar-refractivity contribution in [2.45, 2.75) is 0 Å². The molecule has 4 radical (unpaired) electrons. The van der Waals surface area contributed by atoms with Crippen LogP contribution in [-0.4, -0.2) is 10.2 Å². The SMILES string of the molecule is [C].c1ccc2[nH]ncc2c1. The molecule has 1 aromatic carbocycles. The van der Waals surface area contributed by atoms with Gasteiger partial charge in [0.2, 0.25) is 0 Å². The van der Waals surface area contributed by atoms with Gasteiger partial charge in [0.25, 0.3) is 0 Å². The normalized spacial score (nSPS) is 9.20. The maximum absolute atomic E-state index is 3.88. The first-order valence-electron chi connectivity index (χ1n) is 2.85. The van der Waals surface area contributed by atoms with Gasteiger partial charge in [-0.2, -0.15) is 5.10 Å². The molecule has 0 spiro atoms. The van der Waals surface area contributed by atoms with Crippen LogP contribution in [-0.2, 0) is 0 Å². The average Bonchev–Trinajstić information content (AvgIpc) is 2.33. The van der Waals surface area contributed by atoms with Crippen LogP contribution >= 0.6 is 0 Å². The van der Waals surface area contributed by atoms with Gasteiger partial charge in [-0.15, -0.1) is 0 Å². The highest BCUT2D eigenvalue weighted by atomic mass is 15.1. The second-order valence-corrected chi connectivity index (χ2v) is 1.96. The fourth-order valence-corrected chi connectivity index (χ4v) is 0.883. The molecule has 0 saturated carbocycles. The van der Waals surface area contributed by atoms with Crippen LogP contribution in [0.4, 0.5) is 0 Å². The van der Waals surface area contributed by atoms with Crippen LogP contribution in [0.25, 0.3) is 10.9 Å². The smallest absolute Gasteiger partial charge is 0.0650 e. The fraction of sp³-hybridized carbons (Fsp3) is 0. The van der Waals surface area contributed by atoms with Crippen molar-refractivity contribution in [3.63, 3.8) is 0 Å². The first kappa shape index (κ1) is 6.81. The van der Waals surface area contributed by atoms with Crippen LogP contribution in [0.5, 0.6) is 0 Å². The van der Waals surface area contributed by atoms with E-state index in [9.17, 15) is 0 Å². The van der Waals surface area contributed by atoms with E-state index in [0.29, 0.717) is 0 Å². The summed E-state index contributed by atoms with van der Waals surface area (Å²) in [5.41, 5.74) is 1.09. The Kier molecular flexibility index (Phi) is 1.71. The van der Waals surface area contributed by atoms with Crippen molar-refractivity contribution < 1.29 is 0 Å². The second-order valence-electron chi connectivity index (χ2n) is 1.96. The summed E-state index contributed by atoms with van der Waals surface area (Å²) in [7, 11) is 0. The monoisotopic (exact) mass is 130 g/mol. The highest BCUT2D eigenvalue weighted by Gasteiger charge is 1.88. The molecule has 0 fully saturated rings. The molecule has 48 valence electrons. The number of hydrogen-bond donors (Lipinski definition) is 1. The van der Waals surface area contributed by atoms with Gasteiger partial charge >= 0.3 is 0 Å². The van der Waals surface area contributed by atoms with E-state index in [4.69, 9.17) is 0 Å². The Morgan fingerprint density at radius 1 is 1.20 bits per heavy atom. The molecule has 0 unspecified atom stereocenters. The number of rotatable bonds is 0. The Hall–Kier alpha value is -1.31. The summed E-state index contributed by atoms with van der Waals surface area (Å²) in [6, 6.07) is 8.01. The zero-order valence-electron chi connectivity index (χ0n) is 5.33. The van der Waals surface area contributed by atoms with E-state index in [1.54, 1.807) is 0 Å². The first-order chi connectivity index (χ1) is 4.47. The minimum absolute atomic E-state index is 0. The molecule has 0 bridgehead atoms. The predicted molar refractivity (Wildman–Crippen MR) is 39.3 cm³/mol. The molecule has 0 aliphatic heterocycles. The zero-order valence-corrected chi connectivity index (χ0v) is 5.33. The summed E-state index contributed by atoms with van der Waals surface area (Å²) in [6.45, 7) is 0. The third-order valence-electron chi connectivity index (χ3n) is 1.35. The predicted octanol–water partition coefficient (Wildman–Crippen LogP) is 1.64. The largest absolute Gasteiger partial charge is 0.278 e. The third kappa shape index (κ3) is 0.880. The quantitative estimate of drug-likeness (QED) is 0.577. The van der Waals surface area contributed by atoms with Crippen LogP contribution < -0.4 is 0 Å². The van der Waals surface area contributed by atoms with Crippen LogP contribution in [0, 0.1) is 7.43 Å². The van der Waals surface area contributed by atoms with Crippen molar-refractivity contribution in [2.24, 2.45) is 0 Å². The fourth-order valence-electron chi connectivity index (χ4n) is 0.883. The summed E-state index contributed by atoms with van der Waals surface area (Å²) in [4.78, 5) is 0. The maximum Gasteiger partial charge on any atom is 0.0650 e. The minimum Gasteiger partial charge on any atom is -0.278 e. The lowest BCUT2D eigenvalue weighted by atomic mass is 10.3. The van der Waals surface area contributed by atoms with Gasteiger partial charge < -0.3 is 0 Å². The van der Waals surface area contributed by atoms with Crippen molar-refractivity contribution in [3.8, 4) is 0 Å². The Labute approximate surface area is 59.9 Å². The summed E-state index contributed by atoms with van der Waals surface area (Å²) in [6.07, 6.45) is 1.81. The van der Waals surface area contributed by atoms with Crippen LogP contribution in [0.2, 0.25) is 0 Å². The number of H-pyrrole nitrogens is 1. The van der Waals surface area contributed by atoms with E-state index in [2.05, 4.69) is 10.2 Å². The second kappa shape index (κ2) is 2.52. The molecule has 1 aromatic heterocycles. The lowest BCUT2D eigenvalue weighted by Gasteiger charge is -1.81. The number of fused-ring (bicyclic) bond motifs is 1. The maximum atomic E-state index is 3.88. The topological polar surface area (TPSA) is 28.7 Å². The summed E-state index contributed by atoms with van der Waals surface area (Å²) in [5.74, 6) is 0. The van der Waals surface area contributed by atoms with Gasteiger partial charge in [0.05, 0.1) is 11.7 Å². The molecule has 10 heavy (non-hydrogen) atoms. The number of hydrogen-bond acceptors (Lipinski definition) is 1. The third-order valence-corrected chi connectivity index (χ3v) is 1.35. The standard InChI is InChI=1S/C7H6N2.C/c1-2-4-7-6(3-1)5-8-9-7;/h1-5H,(H,8,9);. The van der Waals surface area contributed by atoms with Crippen molar-refractivity contribution in [2.75, 3.05) is 0 Å². The molecule has 0 saturated heterocycles. The van der Waals surface area contributed by atoms with Gasteiger partial charge in [-0.3, -0.25) is 5.10 Å². The van der Waals surface area contributed by atoms with Crippen LogP contribution in [0.1, 0.15) is 0 Å². The van der Waals surface area contributed by atoms with Gasteiger partial charge in [-0.1, -0.05) is 18.2 Å². The van der Waals surface area contributed by atoms with Crippen LogP contribution in [0.15, 0.2) is 30.5 Å². The van der Waals surface area contributed by atoms with Gasteiger partial charge in [0.15, 0.2) is 0 Å². The molecule has 0 amide bonds. The van der Waals surface area contributed by atoms with Crippen molar-refractivity contribution in [1.29, 1.82) is 0 Å². The number of aromatic nitrogens is 2. The van der Waals surface area contributed by atoms with E-state index >= 15 is 0 Å². The molecule has 2 heteroatoms. The molecule has 0 aliphatic rings. The van der Waals surface area contributed by atoms with Gasteiger partial charge in [0, 0.05) is 12.8 Å². The number of benzene rings is 1. The molecule has 2 aromatic rings. The van der Waals surface area contributed by atoms with E-state index in [1.807, 2.05) is 30.5 Å². The lowest BCUT2D eigenvalue weighted by molar-refractivity contribution is 1.12. The first-order valence-corrected chi connectivity index (χ1v) is 2.85. The minimum atomic E-state index is 0. The van der Waals surface area contributed by atoms with E-state index < -0.39 is 0 Å². The highest BCUT2D eigenvalue weighted by molar-refractivity contribution is 5.77. The molecule has 1 heterocycles. The summed E-state index contributed by atoms with van der Waals surface area (Å²) >= 11 is 0. The highest BCUT2D eigenvalue weighted by Crippen LogP contribution is 2.06.